The Labute approximate surface area is 104 Å². The molecule has 84 valence electrons. The summed E-state index contributed by atoms with van der Waals surface area (Å²) in [4.78, 5) is 1.19. The van der Waals surface area contributed by atoms with Gasteiger partial charge in [0.05, 0.1) is 6.10 Å². The fraction of sp³-hybridized carbons (Fsp3) is 0.231. The summed E-state index contributed by atoms with van der Waals surface area (Å²) in [5.41, 5.74) is 1.93. The molecule has 1 aromatic carbocycles. The normalized spacial score (nSPS) is 12.7. The van der Waals surface area contributed by atoms with Crippen LogP contribution in [0.2, 0.25) is 5.02 Å². The molecule has 1 unspecified atom stereocenters. The van der Waals surface area contributed by atoms with Crippen LogP contribution in [0.3, 0.4) is 0 Å². The summed E-state index contributed by atoms with van der Waals surface area (Å²) < 4.78 is 0. The predicted molar refractivity (Wildman–Crippen MR) is 69.2 cm³/mol. The highest BCUT2D eigenvalue weighted by molar-refractivity contribution is 7.09. The molecule has 1 atom stereocenters. The molecule has 1 aromatic heterocycles. The van der Waals surface area contributed by atoms with Crippen molar-refractivity contribution in [3.63, 3.8) is 0 Å². The zero-order valence-corrected chi connectivity index (χ0v) is 10.6. The van der Waals surface area contributed by atoms with Crippen LogP contribution in [0.4, 0.5) is 0 Å². The third kappa shape index (κ3) is 2.64. The summed E-state index contributed by atoms with van der Waals surface area (Å²) >= 11 is 7.62. The summed E-state index contributed by atoms with van der Waals surface area (Å²) in [5.74, 6) is 0. The van der Waals surface area contributed by atoms with E-state index in [1.807, 2.05) is 42.6 Å². The largest absolute Gasteiger partial charge is 0.388 e. The average molecular weight is 253 g/mol. The topological polar surface area (TPSA) is 20.2 Å². The van der Waals surface area contributed by atoms with Gasteiger partial charge in [-0.05, 0) is 35.6 Å². The van der Waals surface area contributed by atoms with E-state index in [-0.39, 0.29) is 0 Å². The van der Waals surface area contributed by atoms with Crippen molar-refractivity contribution in [3.05, 3.63) is 56.7 Å². The molecule has 1 heterocycles. The molecule has 0 saturated heterocycles. The van der Waals surface area contributed by atoms with Crippen LogP contribution < -0.4 is 0 Å². The van der Waals surface area contributed by atoms with Crippen LogP contribution >= 0.6 is 22.9 Å². The lowest BCUT2D eigenvalue weighted by atomic mass is 10.0. The SMILES string of the molecule is Cc1cc(C(O)Cc2cccs2)ccc1Cl. The van der Waals surface area contributed by atoms with Gasteiger partial charge in [-0.3, -0.25) is 0 Å². The van der Waals surface area contributed by atoms with Gasteiger partial charge in [0.2, 0.25) is 0 Å². The first-order valence-electron chi connectivity index (χ1n) is 5.13. The molecular weight excluding hydrogens is 240 g/mol. The van der Waals surface area contributed by atoms with Gasteiger partial charge in [-0.15, -0.1) is 11.3 Å². The van der Waals surface area contributed by atoms with Gasteiger partial charge in [-0.1, -0.05) is 29.8 Å². The number of benzene rings is 1. The van der Waals surface area contributed by atoms with Crippen LogP contribution in [0.15, 0.2) is 35.7 Å². The molecule has 0 aliphatic heterocycles. The van der Waals surface area contributed by atoms with Crippen LogP contribution in [0.1, 0.15) is 22.1 Å². The van der Waals surface area contributed by atoms with Gasteiger partial charge in [0.25, 0.3) is 0 Å². The summed E-state index contributed by atoms with van der Waals surface area (Å²) in [6.07, 6.45) is 0.216. The maximum absolute atomic E-state index is 10.1. The smallest absolute Gasteiger partial charge is 0.0838 e. The van der Waals surface area contributed by atoms with Crippen molar-refractivity contribution in [1.82, 2.24) is 0 Å². The van der Waals surface area contributed by atoms with Crippen LogP contribution in [-0.4, -0.2) is 5.11 Å². The Balaban J connectivity index is 2.14. The molecule has 0 spiro atoms. The second-order valence-corrected chi connectivity index (χ2v) is 5.25. The van der Waals surface area contributed by atoms with Crippen molar-refractivity contribution in [2.45, 2.75) is 19.4 Å². The number of aryl methyl sites for hydroxylation is 1. The Kier molecular flexibility index (Phi) is 3.64. The maximum Gasteiger partial charge on any atom is 0.0838 e. The molecule has 0 fully saturated rings. The van der Waals surface area contributed by atoms with Crippen LogP contribution in [0.5, 0.6) is 0 Å². The van der Waals surface area contributed by atoms with Crippen molar-refractivity contribution >= 4 is 22.9 Å². The van der Waals surface area contributed by atoms with Crippen molar-refractivity contribution in [1.29, 1.82) is 0 Å². The molecule has 0 radical (unpaired) electrons. The van der Waals surface area contributed by atoms with Gasteiger partial charge >= 0.3 is 0 Å². The Morgan fingerprint density at radius 2 is 2.19 bits per heavy atom. The van der Waals surface area contributed by atoms with Gasteiger partial charge in [0.1, 0.15) is 0 Å². The maximum atomic E-state index is 10.1. The second kappa shape index (κ2) is 5.00. The fourth-order valence-corrected chi connectivity index (χ4v) is 2.47. The monoisotopic (exact) mass is 252 g/mol. The van der Waals surface area contributed by atoms with Gasteiger partial charge in [-0.2, -0.15) is 0 Å². The molecule has 2 rings (SSSR count). The summed E-state index contributed by atoms with van der Waals surface area (Å²) in [7, 11) is 0. The van der Waals surface area contributed by atoms with E-state index in [4.69, 9.17) is 11.6 Å². The van der Waals surface area contributed by atoms with Crippen molar-refractivity contribution in [3.8, 4) is 0 Å². The Morgan fingerprint density at radius 3 is 2.81 bits per heavy atom. The summed E-state index contributed by atoms with van der Waals surface area (Å²) in [6, 6.07) is 9.70. The number of rotatable bonds is 3. The van der Waals surface area contributed by atoms with Crippen molar-refractivity contribution < 1.29 is 5.11 Å². The van der Waals surface area contributed by atoms with E-state index in [2.05, 4.69) is 0 Å². The molecule has 16 heavy (non-hydrogen) atoms. The van der Waals surface area contributed by atoms with Crippen LogP contribution in [-0.2, 0) is 6.42 Å². The molecule has 3 heteroatoms. The highest BCUT2D eigenvalue weighted by Gasteiger charge is 2.10. The van der Waals surface area contributed by atoms with Gasteiger partial charge in [0.15, 0.2) is 0 Å². The van der Waals surface area contributed by atoms with E-state index in [9.17, 15) is 5.11 Å². The molecular formula is C13H13ClOS. The number of halogens is 1. The highest BCUT2D eigenvalue weighted by Crippen LogP contribution is 2.24. The first-order valence-corrected chi connectivity index (χ1v) is 6.39. The first-order chi connectivity index (χ1) is 7.66. The number of aliphatic hydroxyl groups excluding tert-OH is 1. The average Bonchev–Trinajstić information content (AvgIpc) is 2.74. The lowest BCUT2D eigenvalue weighted by Crippen LogP contribution is -2.00. The van der Waals surface area contributed by atoms with E-state index >= 15 is 0 Å². The fourth-order valence-electron chi connectivity index (χ4n) is 1.61. The third-order valence-electron chi connectivity index (χ3n) is 2.54. The molecule has 2 aromatic rings. The zero-order chi connectivity index (χ0) is 11.5. The Hall–Kier alpha value is -0.830. The van der Waals surface area contributed by atoms with E-state index < -0.39 is 6.10 Å². The quantitative estimate of drug-likeness (QED) is 0.876. The zero-order valence-electron chi connectivity index (χ0n) is 8.98. The standard InChI is InChI=1S/C13H13ClOS/c1-9-7-10(4-5-12(9)14)13(15)8-11-3-2-6-16-11/h2-7,13,15H,8H2,1H3. The Morgan fingerprint density at radius 1 is 1.38 bits per heavy atom. The Bertz CT molecular complexity index is 465. The highest BCUT2D eigenvalue weighted by atomic mass is 35.5. The molecule has 0 aliphatic carbocycles. The molecule has 0 amide bonds. The third-order valence-corrected chi connectivity index (χ3v) is 3.86. The van der Waals surface area contributed by atoms with E-state index in [0.717, 1.165) is 16.1 Å². The minimum Gasteiger partial charge on any atom is -0.388 e. The predicted octanol–water partition coefficient (Wildman–Crippen LogP) is 3.99. The first kappa shape index (κ1) is 11.6. The lowest BCUT2D eigenvalue weighted by molar-refractivity contribution is 0.179. The van der Waals surface area contributed by atoms with E-state index in [1.54, 1.807) is 11.3 Å². The number of thiophene rings is 1. The molecule has 0 saturated carbocycles. The van der Waals surface area contributed by atoms with E-state index in [1.165, 1.54) is 4.88 Å². The molecule has 0 bridgehead atoms. The second-order valence-electron chi connectivity index (χ2n) is 3.81. The van der Waals surface area contributed by atoms with Gasteiger partial charge in [0, 0.05) is 16.3 Å². The van der Waals surface area contributed by atoms with Gasteiger partial charge in [-0.25, -0.2) is 0 Å². The minimum atomic E-state index is -0.449. The van der Waals surface area contributed by atoms with Crippen molar-refractivity contribution in [2.75, 3.05) is 0 Å². The molecule has 0 aliphatic rings. The molecule has 1 nitrogen and oxygen atoms in total. The summed E-state index contributed by atoms with van der Waals surface area (Å²) in [5, 5.41) is 12.8. The minimum absolute atomic E-state index is 0.449. The van der Waals surface area contributed by atoms with Crippen LogP contribution in [0, 0.1) is 6.92 Å². The number of aliphatic hydroxyl groups is 1. The summed E-state index contributed by atoms with van der Waals surface area (Å²) in [6.45, 7) is 1.95. The number of hydrogen-bond donors (Lipinski definition) is 1. The molecule has 1 N–H and O–H groups in total. The van der Waals surface area contributed by atoms with Crippen molar-refractivity contribution in [2.24, 2.45) is 0 Å². The van der Waals surface area contributed by atoms with E-state index in [0.29, 0.717) is 6.42 Å². The lowest BCUT2D eigenvalue weighted by Gasteiger charge is -2.11. The van der Waals surface area contributed by atoms with Crippen LogP contribution in [0.25, 0.3) is 0 Å². The number of hydrogen-bond acceptors (Lipinski definition) is 2. The van der Waals surface area contributed by atoms with Gasteiger partial charge < -0.3 is 5.11 Å².